The summed E-state index contributed by atoms with van der Waals surface area (Å²) >= 11 is 0. The van der Waals surface area contributed by atoms with Crippen molar-refractivity contribution in [3.63, 3.8) is 0 Å². The Kier molecular flexibility index (Phi) is 9.55. The van der Waals surface area contributed by atoms with Crippen LogP contribution in [0.15, 0.2) is 30.3 Å². The zero-order chi connectivity index (χ0) is 33.4. The SMILES string of the molecule is Cc1cc2c(cc1C)N(C[C@H]1CC[C@H](CC(=O)O)CC1)CCC[C@@H]2N(Cc1cc(C(F)(F)F)cc(C(F)(F)F)c1)c1nnn(C)n1. The number of aliphatic carboxylic acids is 1. The molecule has 1 aliphatic carbocycles. The van der Waals surface area contributed by atoms with E-state index < -0.39 is 35.5 Å². The molecule has 2 heterocycles. The van der Waals surface area contributed by atoms with Gasteiger partial charge in [-0.05, 0) is 116 Å². The maximum Gasteiger partial charge on any atom is 0.416 e. The van der Waals surface area contributed by atoms with Crippen molar-refractivity contribution in [1.82, 2.24) is 20.2 Å². The Morgan fingerprint density at radius 2 is 1.52 bits per heavy atom. The van der Waals surface area contributed by atoms with E-state index >= 15 is 0 Å². The summed E-state index contributed by atoms with van der Waals surface area (Å²) in [6.07, 6.45) is -4.94. The number of alkyl halides is 6. The lowest BCUT2D eigenvalue weighted by Gasteiger charge is -2.35. The highest BCUT2D eigenvalue weighted by Gasteiger charge is 2.38. The second-order valence-electron chi connectivity index (χ2n) is 12.7. The molecular formula is C32H38F6N6O2. The molecule has 1 aromatic heterocycles. The number of nitrogens with zero attached hydrogens (tertiary/aromatic N) is 6. The summed E-state index contributed by atoms with van der Waals surface area (Å²) < 4.78 is 82.5. The molecule has 1 atom stereocenters. The minimum Gasteiger partial charge on any atom is -0.481 e. The molecule has 1 N–H and O–H groups in total. The second kappa shape index (κ2) is 13.1. The molecule has 3 aromatic rings. The number of tetrazole rings is 1. The van der Waals surface area contributed by atoms with Crippen LogP contribution in [0.3, 0.4) is 0 Å². The molecular weight excluding hydrogens is 614 g/mol. The van der Waals surface area contributed by atoms with Crippen molar-refractivity contribution in [2.45, 2.75) is 83.7 Å². The Morgan fingerprint density at radius 1 is 0.913 bits per heavy atom. The second-order valence-corrected chi connectivity index (χ2v) is 12.7. The van der Waals surface area contributed by atoms with Crippen LogP contribution in [0, 0.1) is 25.7 Å². The van der Waals surface area contributed by atoms with Crippen molar-refractivity contribution in [3.05, 3.63) is 63.7 Å². The predicted octanol–water partition coefficient (Wildman–Crippen LogP) is 7.49. The van der Waals surface area contributed by atoms with Crippen molar-refractivity contribution in [1.29, 1.82) is 0 Å². The monoisotopic (exact) mass is 652 g/mol. The molecule has 1 saturated carbocycles. The van der Waals surface area contributed by atoms with Crippen LogP contribution in [0.4, 0.5) is 38.0 Å². The first kappa shape index (κ1) is 33.5. The van der Waals surface area contributed by atoms with Gasteiger partial charge in [0.05, 0.1) is 24.2 Å². The van der Waals surface area contributed by atoms with Crippen molar-refractivity contribution in [2.24, 2.45) is 18.9 Å². The number of aryl methyl sites for hydroxylation is 3. The lowest BCUT2D eigenvalue weighted by molar-refractivity contribution is -0.143. The zero-order valence-corrected chi connectivity index (χ0v) is 26.0. The van der Waals surface area contributed by atoms with Crippen LogP contribution < -0.4 is 9.80 Å². The molecule has 0 unspecified atom stereocenters. The first-order valence-electron chi connectivity index (χ1n) is 15.5. The predicted molar refractivity (Wildman–Crippen MR) is 159 cm³/mol. The number of anilines is 2. The van der Waals surface area contributed by atoms with Crippen LogP contribution in [-0.2, 0) is 30.7 Å². The third-order valence-corrected chi connectivity index (χ3v) is 9.29. The Morgan fingerprint density at radius 3 is 2.09 bits per heavy atom. The van der Waals surface area contributed by atoms with Gasteiger partial charge in [0.25, 0.3) is 5.95 Å². The Balaban J connectivity index is 1.52. The minimum atomic E-state index is -4.97. The van der Waals surface area contributed by atoms with E-state index in [1.54, 1.807) is 11.9 Å². The normalized spacial score (nSPS) is 20.7. The van der Waals surface area contributed by atoms with E-state index in [2.05, 4.69) is 26.4 Å². The van der Waals surface area contributed by atoms with E-state index in [1.807, 2.05) is 19.9 Å². The molecule has 2 aromatic carbocycles. The standard InChI is InChI=1S/C32H38F6N6O2/c1-19-11-26-27(5-4-10-43(28(26)12-20(19)2)17-22-8-6-21(7-9-22)15-29(45)46)44(30-39-41-42(3)40-30)18-23-13-24(31(33,34)35)16-25(14-23)32(36,37)38/h11-14,16,21-22,27H,4-10,15,17-18H2,1-3H3,(H,45,46)/t21-,22-,27-/m0/s1. The summed E-state index contributed by atoms with van der Waals surface area (Å²) in [5.41, 5.74) is 1.02. The maximum atomic E-state index is 13.7. The number of carbonyl (C=O) groups is 1. The Hall–Kier alpha value is -3.84. The third kappa shape index (κ3) is 7.75. The number of benzene rings is 2. The summed E-state index contributed by atoms with van der Waals surface area (Å²) in [5.74, 6) is -0.113. The van der Waals surface area contributed by atoms with Crippen LogP contribution >= 0.6 is 0 Å². The quantitative estimate of drug-likeness (QED) is 0.252. The molecule has 0 amide bonds. The van der Waals surface area contributed by atoms with E-state index in [9.17, 15) is 36.2 Å². The van der Waals surface area contributed by atoms with Crippen LogP contribution in [0.1, 0.15) is 84.4 Å². The fourth-order valence-electron chi connectivity index (χ4n) is 6.82. The van der Waals surface area contributed by atoms with Gasteiger partial charge in [-0.15, -0.1) is 5.10 Å². The van der Waals surface area contributed by atoms with Gasteiger partial charge in [-0.1, -0.05) is 11.2 Å². The highest BCUT2D eigenvalue weighted by atomic mass is 19.4. The van der Waals surface area contributed by atoms with Crippen LogP contribution in [-0.4, -0.2) is 44.4 Å². The molecule has 1 aliphatic heterocycles. The number of hydrogen-bond donors (Lipinski definition) is 1. The smallest absolute Gasteiger partial charge is 0.416 e. The zero-order valence-electron chi connectivity index (χ0n) is 26.0. The van der Waals surface area contributed by atoms with Gasteiger partial charge in [-0.3, -0.25) is 4.79 Å². The van der Waals surface area contributed by atoms with Gasteiger partial charge in [0.15, 0.2) is 0 Å². The van der Waals surface area contributed by atoms with Gasteiger partial charge in [-0.2, -0.15) is 31.1 Å². The Bertz CT molecular complexity index is 1510. The molecule has 14 heteroatoms. The minimum absolute atomic E-state index is 0.104. The van der Waals surface area contributed by atoms with Crippen LogP contribution in [0.5, 0.6) is 0 Å². The number of halogens is 6. The lowest BCUT2D eigenvalue weighted by Crippen LogP contribution is -2.33. The van der Waals surface area contributed by atoms with E-state index in [1.165, 1.54) is 4.80 Å². The largest absolute Gasteiger partial charge is 0.481 e. The number of carboxylic acid groups (broad SMARTS) is 1. The summed E-state index contributed by atoms with van der Waals surface area (Å²) in [6.45, 7) is 5.16. The van der Waals surface area contributed by atoms with Gasteiger partial charge < -0.3 is 14.9 Å². The molecule has 46 heavy (non-hydrogen) atoms. The Labute approximate surface area is 263 Å². The topological polar surface area (TPSA) is 87.4 Å². The van der Waals surface area contributed by atoms with E-state index in [-0.39, 0.29) is 36.5 Å². The van der Waals surface area contributed by atoms with Crippen LogP contribution in [0.25, 0.3) is 0 Å². The fraction of sp³-hybridized carbons (Fsp3) is 0.562. The summed E-state index contributed by atoms with van der Waals surface area (Å²) in [6, 6.07) is 5.34. The summed E-state index contributed by atoms with van der Waals surface area (Å²) in [4.78, 5) is 16.4. The van der Waals surface area contributed by atoms with Gasteiger partial charge in [0.2, 0.25) is 0 Å². The molecule has 0 bridgehead atoms. The number of aromatic nitrogens is 4. The third-order valence-electron chi connectivity index (χ3n) is 9.29. The lowest BCUT2D eigenvalue weighted by atomic mass is 9.80. The molecule has 5 rings (SSSR count). The molecule has 1 fully saturated rings. The van der Waals surface area contributed by atoms with E-state index in [0.717, 1.165) is 66.7 Å². The number of carboxylic acids is 1. The van der Waals surface area contributed by atoms with Crippen molar-refractivity contribution in [3.8, 4) is 0 Å². The highest BCUT2D eigenvalue weighted by molar-refractivity contribution is 5.67. The average Bonchev–Trinajstić information content (AvgIpc) is 3.33. The molecule has 2 aliphatic rings. The van der Waals surface area contributed by atoms with Gasteiger partial charge >= 0.3 is 18.3 Å². The van der Waals surface area contributed by atoms with Crippen molar-refractivity contribution < 1.29 is 36.2 Å². The van der Waals surface area contributed by atoms with Gasteiger partial charge in [0.1, 0.15) is 0 Å². The van der Waals surface area contributed by atoms with Crippen molar-refractivity contribution >= 4 is 17.6 Å². The fourth-order valence-corrected chi connectivity index (χ4v) is 6.82. The first-order chi connectivity index (χ1) is 21.6. The van der Waals surface area contributed by atoms with E-state index in [0.29, 0.717) is 25.3 Å². The summed E-state index contributed by atoms with van der Waals surface area (Å²) in [7, 11) is 1.54. The molecule has 0 radical (unpaired) electrons. The van der Waals surface area contributed by atoms with Crippen LogP contribution in [0.2, 0.25) is 0 Å². The highest BCUT2D eigenvalue weighted by Crippen LogP contribution is 2.43. The van der Waals surface area contributed by atoms with E-state index in [4.69, 9.17) is 0 Å². The molecule has 0 spiro atoms. The number of fused-ring (bicyclic) bond motifs is 1. The first-order valence-corrected chi connectivity index (χ1v) is 15.5. The molecule has 250 valence electrons. The number of rotatable bonds is 8. The molecule has 8 nitrogen and oxygen atoms in total. The van der Waals surface area contributed by atoms with Gasteiger partial charge in [0, 0.05) is 31.7 Å². The molecule has 0 saturated heterocycles. The maximum absolute atomic E-state index is 13.7. The number of hydrogen-bond acceptors (Lipinski definition) is 6. The van der Waals surface area contributed by atoms with Crippen molar-refractivity contribution in [2.75, 3.05) is 22.9 Å². The summed E-state index contributed by atoms with van der Waals surface area (Å²) in [5, 5.41) is 21.6. The average molecular weight is 653 g/mol. The van der Waals surface area contributed by atoms with Gasteiger partial charge in [-0.25, -0.2) is 0 Å².